The number of aromatic amines is 2. The van der Waals surface area contributed by atoms with E-state index in [0.29, 0.717) is 5.69 Å². The van der Waals surface area contributed by atoms with Gasteiger partial charge in [-0.3, -0.25) is 19.8 Å². The number of aliphatic carboxylic acids is 1. The molecular formula is C11H9BrN2O3. The number of hydrogen-bond donors (Lipinski definition) is 3. The molecule has 0 saturated carbocycles. The van der Waals surface area contributed by atoms with Gasteiger partial charge in [0.2, 0.25) is 0 Å². The Labute approximate surface area is 105 Å². The van der Waals surface area contributed by atoms with Crippen LogP contribution in [0.4, 0.5) is 0 Å². The third-order valence-corrected chi connectivity index (χ3v) is 2.87. The molecule has 0 bridgehead atoms. The van der Waals surface area contributed by atoms with Crippen molar-refractivity contribution in [2.24, 2.45) is 0 Å². The SMILES string of the molecule is O=C(O)Cc1c(-c2ccc(Br)cc2)[nH][nH]c1=O. The number of carboxylic acids is 1. The predicted octanol–water partition coefficient (Wildman–Crippen LogP) is 1.76. The molecule has 17 heavy (non-hydrogen) atoms. The lowest BCUT2D eigenvalue weighted by Crippen LogP contribution is -2.11. The van der Waals surface area contributed by atoms with Gasteiger partial charge in [0, 0.05) is 4.47 Å². The van der Waals surface area contributed by atoms with Crippen molar-refractivity contribution >= 4 is 21.9 Å². The average Bonchev–Trinajstić information content (AvgIpc) is 2.61. The molecule has 5 nitrogen and oxygen atoms in total. The summed E-state index contributed by atoms with van der Waals surface area (Å²) in [5.74, 6) is -1.03. The summed E-state index contributed by atoms with van der Waals surface area (Å²) >= 11 is 3.31. The van der Waals surface area contributed by atoms with Crippen molar-refractivity contribution < 1.29 is 9.90 Å². The topological polar surface area (TPSA) is 85.9 Å². The third-order valence-electron chi connectivity index (χ3n) is 2.34. The third kappa shape index (κ3) is 2.47. The molecule has 0 aliphatic carbocycles. The highest BCUT2D eigenvalue weighted by Gasteiger charge is 2.14. The highest BCUT2D eigenvalue weighted by Crippen LogP contribution is 2.21. The first-order valence-corrected chi connectivity index (χ1v) is 5.64. The molecule has 0 fully saturated rings. The van der Waals surface area contributed by atoms with Crippen molar-refractivity contribution in [3.63, 3.8) is 0 Å². The van der Waals surface area contributed by atoms with Crippen LogP contribution < -0.4 is 5.56 Å². The van der Waals surface area contributed by atoms with Gasteiger partial charge in [0.25, 0.3) is 5.56 Å². The standard InChI is InChI=1S/C11H9BrN2O3/c12-7-3-1-6(2-4-7)10-8(5-9(15)16)11(17)14-13-10/h1-4H,5H2,(H,15,16)(H2,13,14,17). The van der Waals surface area contributed by atoms with Gasteiger partial charge in [-0.1, -0.05) is 28.1 Å². The van der Waals surface area contributed by atoms with Crippen molar-refractivity contribution in [1.29, 1.82) is 0 Å². The highest BCUT2D eigenvalue weighted by atomic mass is 79.9. The van der Waals surface area contributed by atoms with Gasteiger partial charge < -0.3 is 5.11 Å². The Morgan fingerprint density at radius 3 is 2.47 bits per heavy atom. The van der Waals surface area contributed by atoms with E-state index >= 15 is 0 Å². The summed E-state index contributed by atoms with van der Waals surface area (Å²) in [4.78, 5) is 22.1. The van der Waals surface area contributed by atoms with Crippen LogP contribution in [0.3, 0.4) is 0 Å². The Morgan fingerprint density at radius 2 is 1.88 bits per heavy atom. The number of hydrogen-bond acceptors (Lipinski definition) is 2. The van der Waals surface area contributed by atoms with Gasteiger partial charge >= 0.3 is 5.97 Å². The van der Waals surface area contributed by atoms with E-state index in [1.807, 2.05) is 12.1 Å². The first-order chi connectivity index (χ1) is 8.08. The Kier molecular flexibility index (Phi) is 3.14. The number of carbonyl (C=O) groups is 1. The quantitative estimate of drug-likeness (QED) is 0.807. The highest BCUT2D eigenvalue weighted by molar-refractivity contribution is 9.10. The molecule has 1 aromatic carbocycles. The van der Waals surface area contributed by atoms with Gasteiger partial charge in [0.05, 0.1) is 17.7 Å². The number of benzene rings is 1. The van der Waals surface area contributed by atoms with E-state index in [9.17, 15) is 9.59 Å². The van der Waals surface area contributed by atoms with E-state index < -0.39 is 11.5 Å². The van der Waals surface area contributed by atoms with Gasteiger partial charge in [-0.15, -0.1) is 0 Å². The summed E-state index contributed by atoms with van der Waals surface area (Å²) in [6, 6.07) is 7.25. The van der Waals surface area contributed by atoms with Gasteiger partial charge in [-0.2, -0.15) is 0 Å². The van der Waals surface area contributed by atoms with Crippen LogP contribution in [0.5, 0.6) is 0 Å². The maximum atomic E-state index is 11.5. The minimum atomic E-state index is -1.03. The molecule has 0 aliphatic heterocycles. The second-order valence-electron chi connectivity index (χ2n) is 3.51. The molecule has 2 rings (SSSR count). The predicted molar refractivity (Wildman–Crippen MR) is 65.9 cm³/mol. The zero-order valence-corrected chi connectivity index (χ0v) is 10.2. The summed E-state index contributed by atoms with van der Waals surface area (Å²) in [6.07, 6.45) is -0.301. The van der Waals surface area contributed by atoms with Crippen LogP contribution in [0.1, 0.15) is 5.56 Å². The zero-order valence-electron chi connectivity index (χ0n) is 8.66. The summed E-state index contributed by atoms with van der Waals surface area (Å²) < 4.78 is 0.916. The van der Waals surface area contributed by atoms with E-state index in [1.54, 1.807) is 12.1 Å². The van der Waals surface area contributed by atoms with E-state index in [1.165, 1.54) is 0 Å². The van der Waals surface area contributed by atoms with Crippen LogP contribution in [0.2, 0.25) is 0 Å². The number of carboxylic acid groups (broad SMARTS) is 1. The van der Waals surface area contributed by atoms with Crippen molar-refractivity contribution in [2.75, 3.05) is 0 Å². The molecule has 0 unspecified atom stereocenters. The van der Waals surface area contributed by atoms with Gasteiger partial charge in [-0.25, -0.2) is 0 Å². The molecule has 1 aromatic heterocycles. The Bertz CT molecular complexity index is 598. The molecule has 2 aromatic rings. The Morgan fingerprint density at radius 1 is 1.24 bits per heavy atom. The Hall–Kier alpha value is -1.82. The van der Waals surface area contributed by atoms with Crippen molar-refractivity contribution in [3.8, 4) is 11.3 Å². The summed E-state index contributed by atoms with van der Waals surface area (Å²) in [5, 5.41) is 13.9. The minimum Gasteiger partial charge on any atom is -0.481 e. The van der Waals surface area contributed by atoms with Gasteiger partial charge in [-0.05, 0) is 17.7 Å². The molecule has 6 heteroatoms. The molecule has 0 atom stereocenters. The smallest absolute Gasteiger partial charge is 0.308 e. The molecule has 88 valence electrons. The minimum absolute atomic E-state index is 0.236. The molecule has 0 amide bonds. The number of rotatable bonds is 3. The number of nitrogens with one attached hydrogen (secondary N) is 2. The fraction of sp³-hybridized carbons (Fsp3) is 0.0909. The van der Waals surface area contributed by atoms with Crippen LogP contribution in [-0.2, 0) is 11.2 Å². The van der Waals surface area contributed by atoms with Crippen molar-refractivity contribution in [1.82, 2.24) is 10.2 Å². The normalized spacial score (nSPS) is 10.4. The van der Waals surface area contributed by atoms with Gasteiger partial charge in [0.15, 0.2) is 0 Å². The van der Waals surface area contributed by atoms with Crippen LogP contribution in [-0.4, -0.2) is 21.3 Å². The van der Waals surface area contributed by atoms with Crippen LogP contribution >= 0.6 is 15.9 Å². The average molecular weight is 297 g/mol. The first kappa shape index (κ1) is 11.7. The number of aromatic nitrogens is 2. The van der Waals surface area contributed by atoms with Crippen molar-refractivity contribution in [2.45, 2.75) is 6.42 Å². The lowest BCUT2D eigenvalue weighted by molar-refractivity contribution is -0.136. The molecular weight excluding hydrogens is 288 g/mol. The van der Waals surface area contributed by atoms with Crippen LogP contribution in [0.15, 0.2) is 33.5 Å². The van der Waals surface area contributed by atoms with Gasteiger partial charge in [0.1, 0.15) is 0 Å². The summed E-state index contributed by atoms with van der Waals surface area (Å²) in [5.41, 5.74) is 1.12. The lowest BCUT2D eigenvalue weighted by Gasteiger charge is -2.00. The summed E-state index contributed by atoms with van der Waals surface area (Å²) in [7, 11) is 0. The molecule has 0 saturated heterocycles. The van der Waals surface area contributed by atoms with Crippen LogP contribution in [0.25, 0.3) is 11.3 Å². The van der Waals surface area contributed by atoms with Crippen LogP contribution in [0, 0.1) is 0 Å². The number of halogens is 1. The molecule has 0 spiro atoms. The van der Waals surface area contributed by atoms with E-state index in [-0.39, 0.29) is 12.0 Å². The zero-order chi connectivity index (χ0) is 12.4. The molecule has 0 radical (unpaired) electrons. The summed E-state index contributed by atoms with van der Waals surface area (Å²) in [6.45, 7) is 0. The first-order valence-electron chi connectivity index (χ1n) is 4.85. The van der Waals surface area contributed by atoms with E-state index in [2.05, 4.69) is 26.1 Å². The molecule has 1 heterocycles. The second-order valence-corrected chi connectivity index (χ2v) is 4.43. The second kappa shape index (κ2) is 4.58. The van der Waals surface area contributed by atoms with Crippen molar-refractivity contribution in [3.05, 3.63) is 44.7 Å². The lowest BCUT2D eigenvalue weighted by atomic mass is 10.1. The van der Waals surface area contributed by atoms with E-state index in [4.69, 9.17) is 5.11 Å². The maximum absolute atomic E-state index is 11.5. The van der Waals surface area contributed by atoms with E-state index in [0.717, 1.165) is 10.0 Å². The Balaban J connectivity index is 2.48. The monoisotopic (exact) mass is 296 g/mol. The molecule has 0 aliphatic rings. The largest absolute Gasteiger partial charge is 0.481 e. The number of H-pyrrole nitrogens is 2. The fourth-order valence-electron chi connectivity index (χ4n) is 1.57. The molecule has 3 N–H and O–H groups in total. The maximum Gasteiger partial charge on any atom is 0.308 e. The fourth-order valence-corrected chi connectivity index (χ4v) is 1.83.